The van der Waals surface area contributed by atoms with Crippen LogP contribution in [0.2, 0.25) is 0 Å². The lowest BCUT2D eigenvalue weighted by atomic mass is 9.77. The summed E-state index contributed by atoms with van der Waals surface area (Å²) in [5, 5.41) is 16.6. The fourth-order valence-corrected chi connectivity index (χ4v) is 6.14. The van der Waals surface area contributed by atoms with Crippen molar-refractivity contribution >= 4 is 11.9 Å². The van der Waals surface area contributed by atoms with Crippen molar-refractivity contribution in [2.45, 2.75) is 180 Å². The van der Waals surface area contributed by atoms with E-state index in [1.807, 2.05) is 0 Å². The van der Waals surface area contributed by atoms with Gasteiger partial charge < -0.3 is 10.4 Å². The Bertz CT molecular complexity index is 922. The first-order chi connectivity index (χ1) is 19.3. The van der Waals surface area contributed by atoms with Crippen molar-refractivity contribution in [1.82, 2.24) is 10.6 Å². The molecule has 1 heterocycles. The number of aromatic hydroxyl groups is 1. The van der Waals surface area contributed by atoms with Crippen LogP contribution in [0.4, 0.5) is 4.79 Å². The van der Waals surface area contributed by atoms with Crippen LogP contribution in [-0.4, -0.2) is 22.6 Å². The first kappa shape index (κ1) is 35.2. The maximum atomic E-state index is 13.0. The van der Waals surface area contributed by atoms with Gasteiger partial charge in [0, 0.05) is 0 Å². The molecule has 1 aromatic carbocycles. The second kappa shape index (κ2) is 16.6. The highest BCUT2D eigenvalue weighted by Gasteiger charge is 2.45. The molecule has 1 atom stereocenters. The van der Waals surface area contributed by atoms with Crippen LogP contribution in [0.25, 0.3) is 0 Å². The van der Waals surface area contributed by atoms with E-state index in [4.69, 9.17) is 0 Å². The summed E-state index contributed by atoms with van der Waals surface area (Å²) >= 11 is 0. The van der Waals surface area contributed by atoms with E-state index in [1.165, 1.54) is 83.5 Å². The largest absolute Gasteiger partial charge is 0.507 e. The van der Waals surface area contributed by atoms with Crippen molar-refractivity contribution in [3.8, 4) is 5.75 Å². The summed E-state index contributed by atoms with van der Waals surface area (Å²) in [6.07, 6.45) is 21.4. The zero-order valence-electron chi connectivity index (χ0n) is 27.6. The molecule has 0 aliphatic carbocycles. The summed E-state index contributed by atoms with van der Waals surface area (Å²) in [6.45, 7) is 14.9. The van der Waals surface area contributed by atoms with E-state index in [9.17, 15) is 14.7 Å². The van der Waals surface area contributed by atoms with Crippen molar-refractivity contribution in [3.63, 3.8) is 0 Å². The van der Waals surface area contributed by atoms with Gasteiger partial charge in [-0.2, -0.15) is 0 Å². The van der Waals surface area contributed by atoms with E-state index < -0.39 is 5.54 Å². The topological polar surface area (TPSA) is 78.4 Å². The van der Waals surface area contributed by atoms with Crippen LogP contribution in [-0.2, 0) is 22.0 Å². The summed E-state index contributed by atoms with van der Waals surface area (Å²) in [5.41, 5.74) is 1.69. The highest BCUT2D eigenvalue weighted by atomic mass is 16.3. The van der Waals surface area contributed by atoms with Gasteiger partial charge in [-0.1, -0.05) is 157 Å². The lowest BCUT2D eigenvalue weighted by Gasteiger charge is -2.29. The fraction of sp³-hybridized carbons (Fsp3) is 0.778. The van der Waals surface area contributed by atoms with Gasteiger partial charge in [0.05, 0.1) is 0 Å². The average Bonchev–Trinajstić information content (AvgIpc) is 3.17. The predicted molar refractivity (Wildman–Crippen MR) is 173 cm³/mol. The van der Waals surface area contributed by atoms with Crippen LogP contribution in [0.3, 0.4) is 0 Å². The van der Waals surface area contributed by atoms with E-state index >= 15 is 0 Å². The van der Waals surface area contributed by atoms with Gasteiger partial charge in [-0.25, -0.2) is 4.79 Å². The van der Waals surface area contributed by atoms with Crippen LogP contribution in [0, 0.1) is 0 Å². The Morgan fingerprint density at radius 3 is 1.44 bits per heavy atom. The zero-order valence-corrected chi connectivity index (χ0v) is 27.6. The van der Waals surface area contributed by atoms with Gasteiger partial charge >= 0.3 is 6.03 Å². The van der Waals surface area contributed by atoms with Gasteiger partial charge in [-0.15, -0.1) is 0 Å². The Kier molecular flexibility index (Phi) is 14.2. The monoisotopic (exact) mass is 570 g/mol. The van der Waals surface area contributed by atoms with E-state index in [2.05, 4.69) is 71.2 Å². The Morgan fingerprint density at radius 1 is 0.659 bits per heavy atom. The Hall–Kier alpha value is -2.04. The molecule has 1 aliphatic rings. The van der Waals surface area contributed by atoms with Crippen LogP contribution in [0.15, 0.2) is 12.1 Å². The van der Waals surface area contributed by atoms with Crippen LogP contribution in [0.5, 0.6) is 5.75 Å². The number of phenols is 1. The lowest BCUT2D eigenvalue weighted by molar-refractivity contribution is -0.124. The van der Waals surface area contributed by atoms with E-state index in [1.54, 1.807) is 0 Å². The maximum Gasteiger partial charge on any atom is 0.322 e. The fourth-order valence-electron chi connectivity index (χ4n) is 6.14. The standard InChI is InChI=1S/C36H62N2O3/c1-8-9-10-11-12-13-14-15-16-17-18-19-20-21-22-24-36(32(40)37-33(41)38-36)25-23-28-26-29(34(2,3)4)31(39)30(27-28)35(5,6)7/h26-27,39H,8-25H2,1-7H3,(H2,37,38,40,41). The molecule has 3 N–H and O–H groups in total. The highest BCUT2D eigenvalue weighted by molar-refractivity contribution is 6.07. The van der Waals surface area contributed by atoms with Gasteiger partial charge in [0.1, 0.15) is 11.3 Å². The number of carbonyl (C=O) groups is 2. The average molecular weight is 571 g/mol. The van der Waals surface area contributed by atoms with Gasteiger partial charge in [-0.05, 0) is 46.8 Å². The third-order valence-corrected chi connectivity index (χ3v) is 8.85. The van der Waals surface area contributed by atoms with Crippen molar-refractivity contribution in [3.05, 3.63) is 28.8 Å². The Morgan fingerprint density at radius 2 is 1.07 bits per heavy atom. The predicted octanol–water partition coefficient (Wildman–Crippen LogP) is 9.76. The molecule has 41 heavy (non-hydrogen) atoms. The van der Waals surface area contributed by atoms with Crippen molar-refractivity contribution in [2.24, 2.45) is 0 Å². The molecule has 1 aromatic rings. The summed E-state index contributed by atoms with van der Waals surface area (Å²) in [7, 11) is 0. The molecule has 5 heteroatoms. The highest BCUT2D eigenvalue weighted by Crippen LogP contribution is 2.40. The summed E-state index contributed by atoms with van der Waals surface area (Å²) < 4.78 is 0. The van der Waals surface area contributed by atoms with E-state index in [-0.39, 0.29) is 22.8 Å². The number of hydrogen-bond donors (Lipinski definition) is 3. The molecule has 0 spiro atoms. The Balaban J connectivity index is 1.82. The number of urea groups is 1. The molecule has 2 rings (SSSR count). The summed E-state index contributed by atoms with van der Waals surface area (Å²) in [5.74, 6) is 0.173. The van der Waals surface area contributed by atoms with Crippen molar-refractivity contribution in [2.75, 3.05) is 0 Å². The molecule has 0 bridgehead atoms. The maximum absolute atomic E-state index is 13.0. The molecule has 1 unspecified atom stereocenters. The molecule has 0 saturated carbocycles. The first-order valence-corrected chi connectivity index (χ1v) is 16.8. The quantitative estimate of drug-likeness (QED) is 0.114. The number of aryl methyl sites for hydroxylation is 1. The molecule has 3 amide bonds. The minimum absolute atomic E-state index is 0.196. The van der Waals surface area contributed by atoms with Crippen molar-refractivity contribution < 1.29 is 14.7 Å². The number of nitrogens with one attached hydrogen (secondary N) is 2. The van der Waals surface area contributed by atoms with Gasteiger partial charge in [0.15, 0.2) is 0 Å². The number of carbonyl (C=O) groups excluding carboxylic acids is 2. The second-order valence-corrected chi connectivity index (χ2v) is 14.7. The molecule has 1 saturated heterocycles. The number of imide groups is 1. The molecule has 1 aliphatic heterocycles. The number of benzene rings is 1. The minimum Gasteiger partial charge on any atom is -0.507 e. The molecule has 1 fully saturated rings. The molecule has 0 radical (unpaired) electrons. The third kappa shape index (κ3) is 11.6. The number of amides is 3. The summed E-state index contributed by atoms with van der Waals surface area (Å²) in [6, 6.07) is 3.79. The molecular formula is C36H62N2O3. The smallest absolute Gasteiger partial charge is 0.322 e. The van der Waals surface area contributed by atoms with Gasteiger partial charge in [0.2, 0.25) is 0 Å². The van der Waals surface area contributed by atoms with Crippen LogP contribution in [0.1, 0.15) is 174 Å². The lowest BCUT2D eigenvalue weighted by Crippen LogP contribution is -2.47. The molecule has 5 nitrogen and oxygen atoms in total. The first-order valence-electron chi connectivity index (χ1n) is 16.8. The van der Waals surface area contributed by atoms with E-state index in [0.29, 0.717) is 25.0 Å². The summed E-state index contributed by atoms with van der Waals surface area (Å²) in [4.78, 5) is 25.2. The number of phenolic OH excluding ortho intramolecular Hbond substituents is 1. The third-order valence-electron chi connectivity index (χ3n) is 8.85. The molecule has 234 valence electrons. The SMILES string of the molecule is CCCCCCCCCCCCCCCCCC1(CCc2cc(C(C)(C)C)c(O)c(C(C)(C)C)c2)NC(=O)NC1=O. The number of unbranched alkanes of at least 4 members (excludes halogenated alkanes) is 14. The molecular weight excluding hydrogens is 508 g/mol. The van der Waals surface area contributed by atoms with Crippen LogP contribution < -0.4 is 10.6 Å². The second-order valence-electron chi connectivity index (χ2n) is 14.7. The van der Waals surface area contributed by atoms with Gasteiger partial charge in [-0.3, -0.25) is 10.1 Å². The zero-order chi connectivity index (χ0) is 30.5. The van der Waals surface area contributed by atoms with Crippen LogP contribution >= 0.6 is 0 Å². The number of hydrogen-bond acceptors (Lipinski definition) is 3. The molecule has 0 aromatic heterocycles. The minimum atomic E-state index is -0.852. The van der Waals surface area contributed by atoms with E-state index in [0.717, 1.165) is 29.5 Å². The van der Waals surface area contributed by atoms with Gasteiger partial charge in [0.25, 0.3) is 5.91 Å². The normalized spacial score (nSPS) is 17.6. The Labute approximate surface area is 252 Å². The van der Waals surface area contributed by atoms with Crippen molar-refractivity contribution in [1.29, 1.82) is 0 Å². The number of rotatable bonds is 19.